The Kier molecular flexibility index (Phi) is 5.23. The molecule has 3 heterocycles. The number of pyridine rings is 1. The predicted molar refractivity (Wildman–Crippen MR) is 131 cm³/mol. The quantitative estimate of drug-likeness (QED) is 0.361. The van der Waals surface area contributed by atoms with Gasteiger partial charge in [-0.3, -0.25) is 14.3 Å². The number of rotatable bonds is 5. The van der Waals surface area contributed by atoms with Crippen molar-refractivity contribution in [1.29, 1.82) is 0 Å². The third-order valence-corrected chi connectivity index (χ3v) is 6.33. The van der Waals surface area contributed by atoms with Gasteiger partial charge in [-0.2, -0.15) is 5.10 Å². The number of carbonyl (C=O) groups is 2. The van der Waals surface area contributed by atoms with Crippen LogP contribution in [-0.2, 0) is 7.05 Å². The van der Waals surface area contributed by atoms with Gasteiger partial charge in [0.1, 0.15) is 0 Å². The summed E-state index contributed by atoms with van der Waals surface area (Å²) in [7, 11) is 3.42. The van der Waals surface area contributed by atoms with E-state index in [-0.39, 0.29) is 11.8 Å². The van der Waals surface area contributed by atoms with Crippen LogP contribution in [0.25, 0.3) is 21.0 Å². The number of benzene rings is 2. The number of nitrogens with zero attached hydrogens (tertiary/aromatic N) is 3. The molecule has 5 rings (SSSR count). The van der Waals surface area contributed by atoms with Crippen LogP contribution in [0.15, 0.2) is 66.3 Å². The van der Waals surface area contributed by atoms with Gasteiger partial charge in [0.2, 0.25) is 0 Å². The van der Waals surface area contributed by atoms with E-state index in [4.69, 9.17) is 0 Å². The summed E-state index contributed by atoms with van der Waals surface area (Å²) in [6.07, 6.45) is 3.27. The van der Waals surface area contributed by atoms with Crippen molar-refractivity contribution in [3.8, 4) is 0 Å². The minimum Gasteiger partial charge on any atom is -0.355 e. The molecule has 0 aliphatic rings. The van der Waals surface area contributed by atoms with Crippen LogP contribution >= 0.6 is 11.3 Å². The van der Waals surface area contributed by atoms with Gasteiger partial charge in [0.25, 0.3) is 11.8 Å². The molecule has 0 aliphatic heterocycles. The Morgan fingerprint density at radius 2 is 1.88 bits per heavy atom. The normalized spacial score (nSPS) is 11.0. The number of hydrogen-bond donors (Lipinski definition) is 3. The SMILES string of the molecule is CNC(=O)c1cnc(Nc2ccc3cnn(C)c3c2)c(NC(=O)c2csc3ccccc23)c1. The highest BCUT2D eigenvalue weighted by Gasteiger charge is 2.17. The number of amides is 2. The van der Waals surface area contributed by atoms with Crippen molar-refractivity contribution in [1.82, 2.24) is 20.1 Å². The second-order valence-corrected chi connectivity index (χ2v) is 8.38. The number of aryl methyl sites for hydroxylation is 1. The average Bonchev–Trinajstić information content (AvgIpc) is 3.43. The average molecular weight is 457 g/mol. The van der Waals surface area contributed by atoms with Gasteiger partial charge in [-0.25, -0.2) is 4.98 Å². The topological polar surface area (TPSA) is 101 Å². The van der Waals surface area contributed by atoms with Crippen LogP contribution in [0.2, 0.25) is 0 Å². The van der Waals surface area contributed by atoms with Gasteiger partial charge in [-0.05, 0) is 30.3 Å². The molecule has 0 saturated carbocycles. The van der Waals surface area contributed by atoms with Crippen LogP contribution in [0.5, 0.6) is 0 Å². The first-order chi connectivity index (χ1) is 16.0. The number of aromatic nitrogens is 3. The first kappa shape index (κ1) is 20.7. The zero-order valence-electron chi connectivity index (χ0n) is 17.9. The number of nitrogens with one attached hydrogen (secondary N) is 3. The first-order valence-electron chi connectivity index (χ1n) is 10.2. The Labute approximate surface area is 193 Å². The minimum absolute atomic E-state index is 0.270. The molecule has 0 saturated heterocycles. The van der Waals surface area contributed by atoms with Crippen LogP contribution in [0.4, 0.5) is 17.2 Å². The van der Waals surface area contributed by atoms with Gasteiger partial charge < -0.3 is 16.0 Å². The summed E-state index contributed by atoms with van der Waals surface area (Å²) < 4.78 is 2.82. The van der Waals surface area contributed by atoms with Gasteiger partial charge in [0, 0.05) is 46.8 Å². The zero-order valence-corrected chi connectivity index (χ0v) is 18.7. The Morgan fingerprint density at radius 1 is 1.03 bits per heavy atom. The van der Waals surface area contributed by atoms with Crippen molar-refractivity contribution in [2.45, 2.75) is 0 Å². The number of anilines is 3. The molecule has 2 aromatic carbocycles. The van der Waals surface area contributed by atoms with E-state index in [0.717, 1.165) is 26.7 Å². The molecule has 164 valence electrons. The number of carbonyl (C=O) groups excluding carboxylic acids is 2. The maximum absolute atomic E-state index is 13.2. The number of hydrogen-bond acceptors (Lipinski definition) is 6. The maximum Gasteiger partial charge on any atom is 0.257 e. The molecular formula is C24H20N6O2S. The van der Waals surface area contributed by atoms with E-state index < -0.39 is 0 Å². The highest BCUT2D eigenvalue weighted by molar-refractivity contribution is 7.17. The fraction of sp³-hybridized carbons (Fsp3) is 0.0833. The smallest absolute Gasteiger partial charge is 0.257 e. The molecule has 3 N–H and O–H groups in total. The van der Waals surface area contributed by atoms with E-state index in [1.54, 1.807) is 24.0 Å². The Balaban J connectivity index is 1.51. The lowest BCUT2D eigenvalue weighted by molar-refractivity contribution is 0.0961. The lowest BCUT2D eigenvalue weighted by Crippen LogP contribution is -2.19. The van der Waals surface area contributed by atoms with Crippen molar-refractivity contribution in [2.75, 3.05) is 17.7 Å². The molecule has 0 aliphatic carbocycles. The summed E-state index contributed by atoms with van der Waals surface area (Å²) in [5.41, 5.74) is 3.06. The van der Waals surface area contributed by atoms with Gasteiger partial charge in [-0.15, -0.1) is 11.3 Å². The van der Waals surface area contributed by atoms with Gasteiger partial charge >= 0.3 is 0 Å². The molecule has 0 fully saturated rings. The largest absolute Gasteiger partial charge is 0.355 e. The minimum atomic E-state index is -0.290. The summed E-state index contributed by atoms with van der Waals surface area (Å²) in [4.78, 5) is 29.8. The molecule has 0 spiro atoms. The summed E-state index contributed by atoms with van der Waals surface area (Å²) in [6, 6.07) is 15.2. The molecule has 2 amide bonds. The zero-order chi connectivity index (χ0) is 22.9. The van der Waals surface area contributed by atoms with Crippen molar-refractivity contribution >= 4 is 61.3 Å². The fourth-order valence-electron chi connectivity index (χ4n) is 3.63. The molecule has 0 bridgehead atoms. The van der Waals surface area contributed by atoms with Crippen LogP contribution < -0.4 is 16.0 Å². The third kappa shape index (κ3) is 3.90. The molecule has 5 aromatic rings. The second-order valence-electron chi connectivity index (χ2n) is 7.47. The Hall–Kier alpha value is -4.24. The fourth-order valence-corrected chi connectivity index (χ4v) is 4.57. The lowest BCUT2D eigenvalue weighted by atomic mass is 10.1. The highest BCUT2D eigenvalue weighted by atomic mass is 32.1. The van der Waals surface area contributed by atoms with Gasteiger partial charge in [0.15, 0.2) is 5.82 Å². The van der Waals surface area contributed by atoms with E-state index in [1.807, 2.05) is 54.9 Å². The Morgan fingerprint density at radius 3 is 2.73 bits per heavy atom. The third-order valence-electron chi connectivity index (χ3n) is 5.36. The van der Waals surface area contributed by atoms with Gasteiger partial charge in [-0.1, -0.05) is 18.2 Å². The molecule has 0 atom stereocenters. The summed E-state index contributed by atoms with van der Waals surface area (Å²) in [5.74, 6) is -0.132. The lowest BCUT2D eigenvalue weighted by Gasteiger charge is -2.14. The highest BCUT2D eigenvalue weighted by Crippen LogP contribution is 2.30. The molecule has 0 radical (unpaired) electrons. The van der Waals surface area contributed by atoms with Crippen molar-refractivity contribution in [3.63, 3.8) is 0 Å². The summed E-state index contributed by atoms with van der Waals surface area (Å²) in [5, 5.41) is 16.8. The van der Waals surface area contributed by atoms with Crippen LogP contribution in [-0.4, -0.2) is 33.6 Å². The van der Waals surface area contributed by atoms with Crippen molar-refractivity contribution in [3.05, 3.63) is 77.4 Å². The van der Waals surface area contributed by atoms with E-state index >= 15 is 0 Å². The molecule has 33 heavy (non-hydrogen) atoms. The molecule has 8 nitrogen and oxygen atoms in total. The second kappa shape index (κ2) is 8.36. The molecule has 3 aromatic heterocycles. The Bertz CT molecular complexity index is 1520. The number of fused-ring (bicyclic) bond motifs is 2. The van der Waals surface area contributed by atoms with Gasteiger partial charge in [0.05, 0.1) is 28.5 Å². The van der Waals surface area contributed by atoms with E-state index in [9.17, 15) is 9.59 Å². The standard InChI is InChI=1S/C24H20N6O2S/c1-25-23(31)15-9-19(29-24(32)18-13-33-21-6-4-3-5-17(18)21)22(26-11-15)28-16-8-7-14-12-27-30(2)20(14)10-16/h3-13H,1-2H3,(H,25,31)(H,26,28)(H,29,32). The molecular weight excluding hydrogens is 436 g/mol. The predicted octanol–water partition coefficient (Wildman–Crippen LogP) is 4.54. The monoisotopic (exact) mass is 456 g/mol. The first-order valence-corrected chi connectivity index (χ1v) is 11.1. The van der Waals surface area contributed by atoms with Crippen LogP contribution in [0, 0.1) is 0 Å². The van der Waals surface area contributed by atoms with Crippen molar-refractivity contribution < 1.29 is 9.59 Å². The van der Waals surface area contributed by atoms with Crippen LogP contribution in [0.3, 0.4) is 0 Å². The molecule has 0 unspecified atom stereocenters. The summed E-state index contributed by atoms with van der Waals surface area (Å²) in [6.45, 7) is 0. The van der Waals surface area contributed by atoms with Crippen LogP contribution in [0.1, 0.15) is 20.7 Å². The summed E-state index contributed by atoms with van der Waals surface area (Å²) >= 11 is 1.51. The van der Waals surface area contributed by atoms with E-state index in [0.29, 0.717) is 22.6 Å². The van der Waals surface area contributed by atoms with Crippen molar-refractivity contribution in [2.24, 2.45) is 7.05 Å². The number of thiophene rings is 1. The van der Waals surface area contributed by atoms with E-state index in [2.05, 4.69) is 26.0 Å². The maximum atomic E-state index is 13.2. The van der Waals surface area contributed by atoms with E-state index in [1.165, 1.54) is 17.5 Å². The molecule has 9 heteroatoms.